The van der Waals surface area contributed by atoms with E-state index in [1.165, 1.54) is 17.1 Å². The van der Waals surface area contributed by atoms with E-state index in [9.17, 15) is 22.8 Å². The first-order chi connectivity index (χ1) is 20.1. The maximum atomic E-state index is 13.8. The number of carbonyl (C=O) groups excluding carboxylic acids is 2. The molecule has 0 saturated carbocycles. The van der Waals surface area contributed by atoms with Gasteiger partial charge in [0.05, 0.1) is 17.3 Å². The van der Waals surface area contributed by atoms with Crippen molar-refractivity contribution in [2.75, 3.05) is 6.61 Å². The normalized spacial score (nSPS) is 18.1. The standard InChI is InChI=1S/C30H23BrF3N3O4Se/c31-22-9-4-18(5-10-22)25-16-26(19-2-7-21(8-3-19)30(32,33)34)37(36-25)28(38)24-14-20-6-11-23(15-27(20)41-29(24)39)40-12-1-13-42-17-35/h2-11,15,24,26H,1,12-14,16H2. The Kier molecular flexibility index (Phi) is 9.02. The number of nitriles is 1. The van der Waals surface area contributed by atoms with Crippen LogP contribution in [0.3, 0.4) is 0 Å². The van der Waals surface area contributed by atoms with Crippen LogP contribution in [-0.2, 0) is 22.2 Å². The van der Waals surface area contributed by atoms with Gasteiger partial charge in [-0.1, -0.05) is 40.2 Å². The first-order valence-corrected chi connectivity index (χ1v) is 15.8. The zero-order chi connectivity index (χ0) is 29.9. The molecule has 0 saturated heterocycles. The molecule has 0 aliphatic carbocycles. The molecule has 42 heavy (non-hydrogen) atoms. The Balaban J connectivity index is 1.38. The number of hydrogen-bond acceptors (Lipinski definition) is 6. The number of hydrogen-bond donors (Lipinski definition) is 0. The molecule has 3 aromatic carbocycles. The predicted molar refractivity (Wildman–Crippen MR) is 152 cm³/mol. The second-order valence-corrected chi connectivity index (χ2v) is 12.4. The number of amides is 1. The number of nitrogens with zero attached hydrogens (tertiary/aromatic N) is 3. The van der Waals surface area contributed by atoms with Gasteiger partial charge in [-0.05, 0) is 35.4 Å². The topological polar surface area (TPSA) is 92.0 Å². The molecule has 0 bridgehead atoms. The predicted octanol–water partition coefficient (Wildman–Crippen LogP) is 6.30. The summed E-state index contributed by atoms with van der Waals surface area (Å²) in [4.78, 5) is 29.1. The number of fused-ring (bicyclic) bond motifs is 1. The van der Waals surface area contributed by atoms with Crippen molar-refractivity contribution in [1.82, 2.24) is 5.01 Å². The third-order valence-corrected chi connectivity index (χ3v) is 8.75. The summed E-state index contributed by atoms with van der Waals surface area (Å²) in [6.45, 7) is 0.427. The van der Waals surface area contributed by atoms with Crippen LogP contribution < -0.4 is 9.47 Å². The first-order valence-electron chi connectivity index (χ1n) is 13.0. The molecule has 0 radical (unpaired) electrons. The number of esters is 1. The zero-order valence-corrected chi connectivity index (χ0v) is 25.2. The molecule has 1 amide bonds. The van der Waals surface area contributed by atoms with E-state index >= 15 is 0 Å². The van der Waals surface area contributed by atoms with Gasteiger partial charge in [0.15, 0.2) is 0 Å². The maximum absolute atomic E-state index is 13.8. The first kappa shape index (κ1) is 29.8. The van der Waals surface area contributed by atoms with Gasteiger partial charge in [0.1, 0.15) is 0 Å². The second kappa shape index (κ2) is 12.7. The van der Waals surface area contributed by atoms with Crippen LogP contribution in [0.15, 0.2) is 76.3 Å². The molecular weight excluding hydrogens is 682 g/mol. The molecule has 2 aliphatic heterocycles. The van der Waals surface area contributed by atoms with Crippen LogP contribution in [0.1, 0.15) is 41.1 Å². The molecule has 5 rings (SSSR count). The minimum atomic E-state index is -4.50. The molecule has 0 spiro atoms. The Labute approximate surface area is 254 Å². The Morgan fingerprint density at radius 2 is 1.86 bits per heavy atom. The molecule has 12 heteroatoms. The monoisotopic (exact) mass is 705 g/mol. The summed E-state index contributed by atoms with van der Waals surface area (Å²) in [5, 5.41) is 15.2. The molecular formula is C30H23BrF3N3O4Se. The average molecular weight is 705 g/mol. The molecule has 2 aliphatic rings. The van der Waals surface area contributed by atoms with E-state index in [1.54, 1.807) is 18.2 Å². The third kappa shape index (κ3) is 6.70. The van der Waals surface area contributed by atoms with Crippen LogP contribution in [0.2, 0.25) is 5.32 Å². The van der Waals surface area contributed by atoms with Gasteiger partial charge in [-0.25, -0.2) is 0 Å². The average Bonchev–Trinajstić information content (AvgIpc) is 3.42. The summed E-state index contributed by atoms with van der Waals surface area (Å²) in [7, 11) is 0. The summed E-state index contributed by atoms with van der Waals surface area (Å²) in [5.74, 6) is -1.69. The van der Waals surface area contributed by atoms with E-state index in [-0.39, 0.29) is 27.8 Å². The van der Waals surface area contributed by atoms with Crippen LogP contribution in [-0.4, -0.2) is 44.2 Å². The molecule has 0 aromatic heterocycles. The van der Waals surface area contributed by atoms with Crippen molar-refractivity contribution in [3.63, 3.8) is 0 Å². The number of carbonyl (C=O) groups is 2. The Bertz CT molecular complexity index is 1560. The van der Waals surface area contributed by atoms with Gasteiger partial charge >= 0.3 is 133 Å². The van der Waals surface area contributed by atoms with Gasteiger partial charge in [-0.3, -0.25) is 0 Å². The fourth-order valence-corrected chi connectivity index (χ4v) is 5.78. The van der Waals surface area contributed by atoms with Gasteiger partial charge in [0, 0.05) is 10.9 Å². The van der Waals surface area contributed by atoms with E-state index in [0.717, 1.165) is 33.9 Å². The van der Waals surface area contributed by atoms with Gasteiger partial charge in [0.2, 0.25) is 0 Å². The number of alkyl halides is 3. The molecule has 2 atom stereocenters. The summed E-state index contributed by atoms with van der Waals surface area (Å²) < 4.78 is 51.7. The summed E-state index contributed by atoms with van der Waals surface area (Å²) >= 11 is 3.32. The Morgan fingerprint density at radius 3 is 2.55 bits per heavy atom. The minimum absolute atomic E-state index is 0.0692. The zero-order valence-electron chi connectivity index (χ0n) is 21.9. The number of hydrazone groups is 1. The van der Waals surface area contributed by atoms with Crippen molar-refractivity contribution in [1.29, 1.82) is 5.26 Å². The fraction of sp³-hybridized carbons (Fsp3) is 0.267. The van der Waals surface area contributed by atoms with Crippen molar-refractivity contribution in [3.05, 3.63) is 93.5 Å². The van der Waals surface area contributed by atoms with Crippen molar-refractivity contribution >= 4 is 48.5 Å². The molecule has 216 valence electrons. The van der Waals surface area contributed by atoms with Crippen LogP contribution in [0.5, 0.6) is 11.5 Å². The SMILES string of the molecule is N#C[Se]CCCOc1ccc2c(c1)OC(=O)C(C(=O)N1N=C(c3ccc(Br)cc3)CC1c1ccc(C(F)(F)F)cc1)C2. The van der Waals surface area contributed by atoms with E-state index in [1.807, 2.05) is 24.3 Å². The van der Waals surface area contributed by atoms with E-state index in [2.05, 4.69) is 26.0 Å². The summed E-state index contributed by atoms with van der Waals surface area (Å²) in [6, 6.07) is 16.3. The molecule has 0 fully saturated rings. The fourth-order valence-electron chi connectivity index (χ4n) is 4.77. The number of halogens is 4. The summed E-state index contributed by atoms with van der Waals surface area (Å²) in [5.41, 5.74) is 1.64. The van der Waals surface area contributed by atoms with Crippen LogP contribution in [0, 0.1) is 16.1 Å². The Morgan fingerprint density at radius 1 is 1.12 bits per heavy atom. The number of ether oxygens (including phenoxy) is 2. The van der Waals surface area contributed by atoms with Gasteiger partial charge in [-0.15, -0.1) is 0 Å². The van der Waals surface area contributed by atoms with Crippen LogP contribution >= 0.6 is 15.9 Å². The van der Waals surface area contributed by atoms with Crippen molar-refractivity contribution in [3.8, 4) is 16.5 Å². The molecule has 7 nitrogen and oxygen atoms in total. The molecule has 3 aromatic rings. The molecule has 2 heterocycles. The van der Waals surface area contributed by atoms with E-state index in [4.69, 9.17) is 14.7 Å². The molecule has 0 N–H and O–H groups in total. The van der Waals surface area contributed by atoms with Crippen LogP contribution in [0.4, 0.5) is 13.2 Å². The molecule has 2 unspecified atom stereocenters. The van der Waals surface area contributed by atoms with Crippen molar-refractivity contribution < 1.29 is 32.2 Å². The van der Waals surface area contributed by atoms with Gasteiger partial charge < -0.3 is 0 Å². The Hall–Kier alpha value is -3.65. The van der Waals surface area contributed by atoms with E-state index in [0.29, 0.717) is 34.9 Å². The van der Waals surface area contributed by atoms with Crippen LogP contribution in [0.25, 0.3) is 0 Å². The van der Waals surface area contributed by atoms with Crippen molar-refractivity contribution in [2.24, 2.45) is 11.0 Å². The number of rotatable bonds is 8. The quantitative estimate of drug-likeness (QED) is 0.0904. The second-order valence-electron chi connectivity index (χ2n) is 9.67. The third-order valence-electron chi connectivity index (χ3n) is 6.92. The van der Waals surface area contributed by atoms with Crippen molar-refractivity contribution in [2.45, 2.75) is 36.8 Å². The van der Waals surface area contributed by atoms with E-state index < -0.39 is 35.6 Å². The van der Waals surface area contributed by atoms with Gasteiger partial charge in [0.25, 0.3) is 0 Å². The summed E-state index contributed by atoms with van der Waals surface area (Å²) in [6.07, 6.45) is -3.42. The number of benzene rings is 3. The van der Waals surface area contributed by atoms with Gasteiger partial charge in [-0.2, -0.15) is 18.3 Å².